The number of aliphatic hydroxyl groups excluding tert-OH is 1. The fourth-order valence-electron chi connectivity index (χ4n) is 2.26. The maximum Gasteiger partial charge on any atom is 0.122 e. The van der Waals surface area contributed by atoms with Crippen LogP contribution in [0.15, 0.2) is 36.4 Å². The molecule has 1 unspecified atom stereocenters. The number of ether oxygens (including phenoxy) is 1. The Bertz CT molecular complexity index is 580. The predicted octanol–water partition coefficient (Wildman–Crippen LogP) is 2.41. The van der Waals surface area contributed by atoms with Crippen LogP contribution in [0.5, 0.6) is 5.75 Å². The van der Waals surface area contributed by atoms with Gasteiger partial charge in [-0.2, -0.15) is 0 Å². The summed E-state index contributed by atoms with van der Waals surface area (Å²) in [7, 11) is 0. The molecule has 1 aliphatic heterocycles. The van der Waals surface area contributed by atoms with Gasteiger partial charge in [0.05, 0.1) is 12.3 Å². The number of hydrogen-bond acceptors (Lipinski definition) is 3. The largest absolute Gasteiger partial charge is 0.493 e. The van der Waals surface area contributed by atoms with Gasteiger partial charge in [-0.05, 0) is 42.3 Å². The van der Waals surface area contributed by atoms with Gasteiger partial charge >= 0.3 is 0 Å². The highest BCUT2D eigenvalue weighted by Gasteiger charge is 2.17. The minimum Gasteiger partial charge on any atom is -0.493 e. The number of nitrogens with zero attached hydrogens (tertiary/aromatic N) is 1. The fraction of sp³-hybridized carbons (Fsp3) is 0.267. The lowest BCUT2D eigenvalue weighted by Crippen LogP contribution is -2.03. The van der Waals surface area contributed by atoms with E-state index in [2.05, 4.69) is 4.98 Å². The summed E-state index contributed by atoms with van der Waals surface area (Å²) >= 11 is 0. The van der Waals surface area contributed by atoms with Crippen LogP contribution < -0.4 is 4.74 Å². The molecule has 1 N–H and O–H groups in total. The molecule has 18 heavy (non-hydrogen) atoms. The van der Waals surface area contributed by atoms with Gasteiger partial charge in [0.1, 0.15) is 11.9 Å². The number of fused-ring (bicyclic) bond motifs is 1. The molecule has 2 heterocycles. The van der Waals surface area contributed by atoms with Crippen molar-refractivity contribution in [2.75, 3.05) is 6.61 Å². The molecular formula is C15H15NO2. The maximum absolute atomic E-state index is 10.3. The predicted molar refractivity (Wildman–Crippen MR) is 68.7 cm³/mol. The number of aryl methyl sites for hydroxylation is 1. The Morgan fingerprint density at radius 2 is 2.17 bits per heavy atom. The molecule has 0 saturated carbocycles. The van der Waals surface area contributed by atoms with Crippen molar-refractivity contribution in [1.29, 1.82) is 0 Å². The normalized spacial score (nSPS) is 15.0. The molecule has 3 nitrogen and oxygen atoms in total. The molecule has 0 radical (unpaired) electrons. The van der Waals surface area contributed by atoms with E-state index in [0.29, 0.717) is 5.69 Å². The van der Waals surface area contributed by atoms with Crippen molar-refractivity contribution in [2.45, 2.75) is 19.4 Å². The zero-order valence-electron chi connectivity index (χ0n) is 10.3. The lowest BCUT2D eigenvalue weighted by Gasteiger charge is -2.12. The van der Waals surface area contributed by atoms with Crippen molar-refractivity contribution in [3.63, 3.8) is 0 Å². The molecule has 0 bridgehead atoms. The quantitative estimate of drug-likeness (QED) is 0.878. The van der Waals surface area contributed by atoms with Gasteiger partial charge in [-0.25, -0.2) is 0 Å². The summed E-state index contributed by atoms with van der Waals surface area (Å²) in [6.45, 7) is 2.66. The highest BCUT2D eigenvalue weighted by Crippen LogP contribution is 2.29. The average Bonchev–Trinajstić information content (AvgIpc) is 2.85. The summed E-state index contributed by atoms with van der Waals surface area (Å²) in [4.78, 5) is 4.36. The summed E-state index contributed by atoms with van der Waals surface area (Å²) in [5.41, 5.74) is 3.64. The van der Waals surface area contributed by atoms with Crippen molar-refractivity contribution < 1.29 is 9.84 Å². The Balaban J connectivity index is 1.95. The lowest BCUT2D eigenvalue weighted by atomic mass is 10.0. The molecule has 0 amide bonds. The van der Waals surface area contributed by atoms with E-state index < -0.39 is 6.10 Å². The third-order valence-electron chi connectivity index (χ3n) is 3.22. The molecule has 92 valence electrons. The second kappa shape index (κ2) is 4.42. The number of rotatable bonds is 2. The molecule has 0 spiro atoms. The average molecular weight is 241 g/mol. The van der Waals surface area contributed by atoms with E-state index in [0.717, 1.165) is 30.0 Å². The molecule has 3 heteroatoms. The van der Waals surface area contributed by atoms with Gasteiger partial charge in [0.15, 0.2) is 0 Å². The van der Waals surface area contributed by atoms with Crippen molar-refractivity contribution in [1.82, 2.24) is 4.98 Å². The molecule has 1 atom stereocenters. The van der Waals surface area contributed by atoms with Gasteiger partial charge in [0.25, 0.3) is 0 Å². The second-order valence-electron chi connectivity index (χ2n) is 4.57. The van der Waals surface area contributed by atoms with Gasteiger partial charge in [0, 0.05) is 12.1 Å². The Labute approximate surface area is 106 Å². The number of aromatic nitrogens is 1. The summed E-state index contributed by atoms with van der Waals surface area (Å²) < 4.78 is 5.46. The zero-order chi connectivity index (χ0) is 12.5. The third-order valence-corrected chi connectivity index (χ3v) is 3.22. The first-order valence-electron chi connectivity index (χ1n) is 6.11. The summed E-state index contributed by atoms with van der Waals surface area (Å²) in [6.07, 6.45) is 0.243. The fourth-order valence-corrected chi connectivity index (χ4v) is 2.26. The van der Waals surface area contributed by atoms with Crippen molar-refractivity contribution >= 4 is 0 Å². The molecule has 2 aromatic rings. The Kier molecular flexibility index (Phi) is 2.76. The van der Waals surface area contributed by atoms with E-state index in [-0.39, 0.29) is 0 Å². The van der Waals surface area contributed by atoms with Crippen LogP contribution in [0.3, 0.4) is 0 Å². The van der Waals surface area contributed by atoms with Gasteiger partial charge in [-0.1, -0.05) is 12.1 Å². The van der Waals surface area contributed by atoms with Crippen LogP contribution in [-0.4, -0.2) is 16.7 Å². The number of aliphatic hydroxyl groups is 1. The van der Waals surface area contributed by atoms with Crippen LogP contribution in [0.2, 0.25) is 0 Å². The SMILES string of the molecule is Cc1cccc(C(O)c2ccc3c(c2)CCO3)n1. The topological polar surface area (TPSA) is 42.4 Å². The third kappa shape index (κ3) is 1.97. The van der Waals surface area contributed by atoms with Gasteiger partial charge in [0.2, 0.25) is 0 Å². The van der Waals surface area contributed by atoms with Crippen LogP contribution in [0, 0.1) is 6.92 Å². The van der Waals surface area contributed by atoms with Crippen LogP contribution in [0.1, 0.15) is 28.6 Å². The van der Waals surface area contributed by atoms with E-state index in [1.165, 1.54) is 5.56 Å². The molecule has 0 saturated heterocycles. The first-order chi connectivity index (χ1) is 8.74. The van der Waals surface area contributed by atoms with E-state index in [1.54, 1.807) is 0 Å². The highest BCUT2D eigenvalue weighted by molar-refractivity contribution is 5.41. The maximum atomic E-state index is 10.3. The zero-order valence-corrected chi connectivity index (χ0v) is 10.3. The standard InChI is InChI=1S/C15H15NO2/c1-10-3-2-4-13(16-10)15(17)12-5-6-14-11(9-12)7-8-18-14/h2-6,9,15,17H,7-8H2,1H3. The molecule has 1 aliphatic rings. The Morgan fingerprint density at radius 3 is 3.00 bits per heavy atom. The molecule has 1 aromatic heterocycles. The summed E-state index contributed by atoms with van der Waals surface area (Å²) in [5, 5.41) is 10.3. The lowest BCUT2D eigenvalue weighted by molar-refractivity contribution is 0.215. The molecule has 0 aliphatic carbocycles. The van der Waals surface area contributed by atoms with E-state index in [9.17, 15) is 5.11 Å². The van der Waals surface area contributed by atoms with Crippen LogP contribution in [-0.2, 0) is 6.42 Å². The second-order valence-corrected chi connectivity index (χ2v) is 4.57. The van der Waals surface area contributed by atoms with Gasteiger partial charge < -0.3 is 9.84 Å². The smallest absolute Gasteiger partial charge is 0.122 e. The number of hydrogen-bond donors (Lipinski definition) is 1. The van der Waals surface area contributed by atoms with Crippen molar-refractivity contribution in [2.24, 2.45) is 0 Å². The minimum absolute atomic E-state index is 0.671. The van der Waals surface area contributed by atoms with E-state index >= 15 is 0 Å². The van der Waals surface area contributed by atoms with Crippen molar-refractivity contribution in [3.05, 3.63) is 58.9 Å². The van der Waals surface area contributed by atoms with E-state index in [1.807, 2.05) is 43.3 Å². The molecule has 1 aromatic carbocycles. The minimum atomic E-state index is -0.671. The highest BCUT2D eigenvalue weighted by atomic mass is 16.5. The van der Waals surface area contributed by atoms with Crippen LogP contribution >= 0.6 is 0 Å². The summed E-state index contributed by atoms with van der Waals surface area (Å²) in [5.74, 6) is 0.933. The molecule has 0 fully saturated rings. The Hall–Kier alpha value is -1.87. The first kappa shape index (κ1) is 11.2. The van der Waals surface area contributed by atoms with Gasteiger partial charge in [-0.15, -0.1) is 0 Å². The molecular weight excluding hydrogens is 226 g/mol. The van der Waals surface area contributed by atoms with Crippen molar-refractivity contribution in [3.8, 4) is 5.75 Å². The molecule has 3 rings (SSSR count). The number of pyridine rings is 1. The monoisotopic (exact) mass is 241 g/mol. The van der Waals surface area contributed by atoms with Crippen LogP contribution in [0.25, 0.3) is 0 Å². The summed E-state index contributed by atoms with van der Waals surface area (Å²) in [6, 6.07) is 11.5. The van der Waals surface area contributed by atoms with Crippen LogP contribution in [0.4, 0.5) is 0 Å². The van der Waals surface area contributed by atoms with E-state index in [4.69, 9.17) is 4.74 Å². The Morgan fingerprint density at radius 1 is 1.28 bits per heavy atom. The number of benzene rings is 1. The van der Waals surface area contributed by atoms with Gasteiger partial charge in [-0.3, -0.25) is 4.98 Å². The first-order valence-corrected chi connectivity index (χ1v) is 6.11.